The minimum absolute atomic E-state index is 0.102. The van der Waals surface area contributed by atoms with Crippen molar-refractivity contribution in [2.24, 2.45) is 11.7 Å². The second kappa shape index (κ2) is 5.38. The molecule has 0 aliphatic carbocycles. The minimum Gasteiger partial charge on any atom is -0.477 e. The number of hydrogen-bond acceptors (Lipinski definition) is 5. The molecular formula is C13H20N2O4S. The van der Waals surface area contributed by atoms with Crippen molar-refractivity contribution < 1.29 is 19.8 Å². The molecule has 0 radical (unpaired) electrons. The predicted molar refractivity (Wildman–Crippen MR) is 76.1 cm³/mol. The van der Waals surface area contributed by atoms with Gasteiger partial charge in [0.2, 0.25) is 5.91 Å². The number of hydrogen-bond donors (Lipinski definition) is 3. The summed E-state index contributed by atoms with van der Waals surface area (Å²) < 4.78 is 0. The Hall–Kier alpha value is -1.05. The lowest BCUT2D eigenvalue weighted by Gasteiger charge is -2.48. The lowest BCUT2D eigenvalue weighted by molar-refractivity contribution is -0.169. The molecule has 0 saturated carbocycles. The van der Waals surface area contributed by atoms with Crippen molar-refractivity contribution in [3.63, 3.8) is 0 Å². The molecule has 0 unspecified atom stereocenters. The largest absolute Gasteiger partial charge is 0.477 e. The zero-order valence-electron chi connectivity index (χ0n) is 11.6. The second-order valence-corrected chi connectivity index (χ2v) is 6.81. The van der Waals surface area contributed by atoms with E-state index >= 15 is 0 Å². The van der Waals surface area contributed by atoms with Gasteiger partial charge in [0.1, 0.15) is 5.70 Å². The number of fused-ring (bicyclic) bond motifs is 1. The second-order valence-electron chi connectivity index (χ2n) is 5.71. The van der Waals surface area contributed by atoms with Crippen molar-refractivity contribution >= 4 is 23.6 Å². The third kappa shape index (κ3) is 2.45. The van der Waals surface area contributed by atoms with Gasteiger partial charge in [-0.05, 0) is 25.8 Å². The number of rotatable bonds is 6. The van der Waals surface area contributed by atoms with Gasteiger partial charge in [-0.2, -0.15) is 11.8 Å². The first-order valence-electron chi connectivity index (χ1n) is 6.57. The molecule has 6 nitrogen and oxygen atoms in total. The lowest BCUT2D eigenvalue weighted by Crippen LogP contribution is -2.65. The van der Waals surface area contributed by atoms with Crippen LogP contribution in [0.2, 0.25) is 0 Å². The molecule has 2 aliphatic rings. The van der Waals surface area contributed by atoms with Crippen LogP contribution in [0.4, 0.5) is 0 Å². The van der Waals surface area contributed by atoms with Gasteiger partial charge in [0.25, 0.3) is 0 Å². The van der Waals surface area contributed by atoms with Crippen LogP contribution in [-0.2, 0) is 9.59 Å². The highest BCUT2D eigenvalue weighted by Gasteiger charge is 2.59. The monoisotopic (exact) mass is 300 g/mol. The SMILES string of the molecule is CC(C)(O)[C@H]1C(=O)N2C(C(=O)O)=C(CSCCN)C[C@H]12. The van der Waals surface area contributed by atoms with E-state index in [1.807, 2.05) is 0 Å². The van der Waals surface area contributed by atoms with Crippen molar-refractivity contribution in [2.75, 3.05) is 18.1 Å². The van der Waals surface area contributed by atoms with E-state index in [-0.39, 0.29) is 17.6 Å². The van der Waals surface area contributed by atoms with E-state index in [1.165, 1.54) is 4.90 Å². The van der Waals surface area contributed by atoms with E-state index in [4.69, 9.17) is 5.73 Å². The van der Waals surface area contributed by atoms with Crippen LogP contribution in [0, 0.1) is 5.92 Å². The molecule has 1 saturated heterocycles. The Balaban J connectivity index is 2.18. The average molecular weight is 300 g/mol. The molecule has 7 heteroatoms. The van der Waals surface area contributed by atoms with E-state index in [0.717, 1.165) is 11.3 Å². The number of amides is 1. The minimum atomic E-state index is -1.12. The molecule has 1 fully saturated rings. The number of carbonyl (C=O) groups excluding carboxylic acids is 1. The molecule has 2 aliphatic heterocycles. The summed E-state index contributed by atoms with van der Waals surface area (Å²) in [5.74, 6) is -0.562. The topological polar surface area (TPSA) is 104 Å². The molecule has 2 heterocycles. The van der Waals surface area contributed by atoms with Gasteiger partial charge in [0, 0.05) is 18.1 Å². The van der Waals surface area contributed by atoms with Gasteiger partial charge in [-0.3, -0.25) is 4.79 Å². The number of aliphatic hydroxyl groups is 1. The highest BCUT2D eigenvalue weighted by atomic mass is 32.2. The summed E-state index contributed by atoms with van der Waals surface area (Å²) >= 11 is 1.57. The Morgan fingerprint density at radius 2 is 2.20 bits per heavy atom. The Morgan fingerprint density at radius 1 is 1.55 bits per heavy atom. The number of thioether (sulfide) groups is 1. The number of carboxylic acids is 1. The standard InChI is InChI=1S/C13H20N2O4S/c1-13(2,19)9-8-5-7(6-20-4-3-14)10(12(17)18)15(8)11(9)16/h8-9,19H,3-6,14H2,1-2H3,(H,17,18)/t8-,9-/m1/s1. The first kappa shape index (κ1) is 15.3. The van der Waals surface area contributed by atoms with Crippen LogP contribution in [0.3, 0.4) is 0 Å². The summed E-state index contributed by atoms with van der Waals surface area (Å²) in [6.07, 6.45) is 0.527. The van der Waals surface area contributed by atoms with E-state index in [2.05, 4.69) is 0 Å². The molecule has 4 N–H and O–H groups in total. The fraction of sp³-hybridized carbons (Fsp3) is 0.692. The van der Waals surface area contributed by atoms with Crippen molar-refractivity contribution in [3.05, 3.63) is 11.3 Å². The van der Waals surface area contributed by atoms with Gasteiger partial charge in [-0.15, -0.1) is 0 Å². The van der Waals surface area contributed by atoms with Crippen molar-refractivity contribution in [3.8, 4) is 0 Å². The smallest absolute Gasteiger partial charge is 0.352 e. The van der Waals surface area contributed by atoms with E-state index in [0.29, 0.717) is 18.7 Å². The normalized spacial score (nSPS) is 25.8. The third-order valence-electron chi connectivity index (χ3n) is 3.75. The molecule has 2 rings (SSSR count). The van der Waals surface area contributed by atoms with Crippen LogP contribution in [0.5, 0.6) is 0 Å². The van der Waals surface area contributed by atoms with E-state index < -0.39 is 17.5 Å². The van der Waals surface area contributed by atoms with Crippen molar-refractivity contribution in [2.45, 2.75) is 31.9 Å². The quantitative estimate of drug-likeness (QED) is 0.472. The Kier molecular flexibility index (Phi) is 4.13. The summed E-state index contributed by atoms with van der Waals surface area (Å²) in [7, 11) is 0. The van der Waals surface area contributed by atoms with Crippen LogP contribution in [0.1, 0.15) is 20.3 Å². The molecule has 1 amide bonds. The lowest BCUT2D eigenvalue weighted by atomic mass is 9.76. The van der Waals surface area contributed by atoms with Crippen LogP contribution in [-0.4, -0.2) is 56.7 Å². The first-order chi connectivity index (χ1) is 9.29. The van der Waals surface area contributed by atoms with Gasteiger partial charge in [0.05, 0.1) is 17.6 Å². The maximum atomic E-state index is 12.1. The fourth-order valence-electron chi connectivity index (χ4n) is 2.98. The Morgan fingerprint density at radius 3 is 2.70 bits per heavy atom. The molecular weight excluding hydrogens is 280 g/mol. The number of aliphatic carboxylic acids is 1. The van der Waals surface area contributed by atoms with Gasteiger partial charge < -0.3 is 20.8 Å². The fourth-order valence-corrected chi connectivity index (χ4v) is 3.79. The van der Waals surface area contributed by atoms with E-state index in [1.54, 1.807) is 25.6 Å². The number of carboxylic acid groups (broad SMARTS) is 1. The number of β-lactam (4-membered cyclic amide) rings is 1. The summed E-state index contributed by atoms with van der Waals surface area (Å²) in [5.41, 5.74) is 5.17. The number of carbonyl (C=O) groups is 2. The average Bonchev–Trinajstić information content (AvgIpc) is 2.62. The Labute approximate surface area is 122 Å². The van der Waals surface area contributed by atoms with Crippen molar-refractivity contribution in [1.82, 2.24) is 4.90 Å². The van der Waals surface area contributed by atoms with Crippen LogP contribution >= 0.6 is 11.8 Å². The molecule has 0 aromatic rings. The highest BCUT2D eigenvalue weighted by Crippen LogP contribution is 2.46. The van der Waals surface area contributed by atoms with Crippen LogP contribution in [0.15, 0.2) is 11.3 Å². The molecule has 0 aromatic carbocycles. The van der Waals surface area contributed by atoms with Crippen molar-refractivity contribution in [1.29, 1.82) is 0 Å². The summed E-state index contributed by atoms with van der Waals surface area (Å²) in [4.78, 5) is 24.8. The highest BCUT2D eigenvalue weighted by molar-refractivity contribution is 7.99. The summed E-state index contributed by atoms with van der Waals surface area (Å²) in [6.45, 7) is 3.72. The zero-order chi connectivity index (χ0) is 15.1. The number of nitrogens with zero attached hydrogens (tertiary/aromatic N) is 1. The molecule has 112 valence electrons. The number of nitrogens with two attached hydrogens (primary N) is 1. The van der Waals surface area contributed by atoms with Gasteiger partial charge in [0.15, 0.2) is 0 Å². The summed E-state index contributed by atoms with van der Waals surface area (Å²) in [6, 6.07) is -0.220. The van der Waals surface area contributed by atoms with Gasteiger partial charge in [-0.1, -0.05) is 0 Å². The molecule has 20 heavy (non-hydrogen) atoms. The van der Waals surface area contributed by atoms with Gasteiger partial charge >= 0.3 is 5.97 Å². The first-order valence-corrected chi connectivity index (χ1v) is 7.73. The van der Waals surface area contributed by atoms with Gasteiger partial charge in [-0.25, -0.2) is 4.79 Å². The molecule has 0 spiro atoms. The zero-order valence-corrected chi connectivity index (χ0v) is 12.4. The summed E-state index contributed by atoms with van der Waals surface area (Å²) in [5, 5.41) is 19.4. The third-order valence-corrected chi connectivity index (χ3v) is 4.83. The van der Waals surface area contributed by atoms with E-state index in [9.17, 15) is 19.8 Å². The van der Waals surface area contributed by atoms with Crippen LogP contribution in [0.25, 0.3) is 0 Å². The molecule has 0 bridgehead atoms. The maximum Gasteiger partial charge on any atom is 0.352 e. The Bertz CT molecular complexity index is 469. The maximum absolute atomic E-state index is 12.1. The molecule has 2 atom stereocenters. The predicted octanol–water partition coefficient (Wildman–Crippen LogP) is 0.0186. The molecule has 0 aromatic heterocycles. The van der Waals surface area contributed by atoms with Crippen LogP contribution < -0.4 is 5.73 Å².